The van der Waals surface area contributed by atoms with Crippen LogP contribution in [0.15, 0.2) is 24.3 Å². The average Bonchev–Trinajstić information content (AvgIpc) is 3.42. The maximum atomic E-state index is 12.6. The van der Waals surface area contributed by atoms with E-state index in [1.165, 1.54) is 0 Å². The third-order valence-corrected chi connectivity index (χ3v) is 4.79. The summed E-state index contributed by atoms with van der Waals surface area (Å²) in [5.74, 6) is -0.809. The van der Waals surface area contributed by atoms with Crippen molar-refractivity contribution in [1.29, 1.82) is 0 Å². The van der Waals surface area contributed by atoms with Crippen LogP contribution in [-0.2, 0) is 11.3 Å². The monoisotopic (exact) mass is 397 g/mol. The Labute approximate surface area is 170 Å². The highest BCUT2D eigenvalue weighted by atomic mass is 16.5. The summed E-state index contributed by atoms with van der Waals surface area (Å²) in [5, 5.41) is 5.79. The molecule has 7 heteroatoms. The van der Waals surface area contributed by atoms with Crippen LogP contribution in [0, 0.1) is 13.8 Å². The van der Waals surface area contributed by atoms with Gasteiger partial charge < -0.3 is 20.4 Å². The molecule has 1 fully saturated rings. The minimum Gasteiger partial charge on any atom is -0.459 e. The summed E-state index contributed by atoms with van der Waals surface area (Å²) in [5.41, 5.74) is 3.40. The van der Waals surface area contributed by atoms with Gasteiger partial charge >= 0.3 is 5.97 Å². The first kappa shape index (κ1) is 20.6. The van der Waals surface area contributed by atoms with Crippen molar-refractivity contribution < 1.29 is 19.1 Å². The molecule has 29 heavy (non-hydrogen) atoms. The number of aromatic amines is 1. The smallest absolute Gasteiger partial charge is 0.340 e. The Kier molecular flexibility index (Phi) is 6.06. The average molecular weight is 397 g/mol. The third kappa shape index (κ3) is 5.04. The maximum Gasteiger partial charge on any atom is 0.340 e. The normalized spacial score (nSPS) is 13.3. The Balaban J connectivity index is 1.62. The standard InChI is InChI=1S/C22H27N3O4/c1-12(2)29-22(28)18-13(3)19(24-14(18)4)21(27)23-11-15-5-7-16(8-6-15)20(26)25-17-9-10-17/h5-8,12,17,24H,9-11H2,1-4H3,(H,23,27)(H,25,26). The van der Waals surface area contributed by atoms with E-state index in [0.717, 1.165) is 18.4 Å². The predicted octanol–water partition coefficient (Wildman–Crippen LogP) is 3.02. The van der Waals surface area contributed by atoms with Gasteiger partial charge in [-0.3, -0.25) is 9.59 Å². The number of rotatable bonds is 7. The summed E-state index contributed by atoms with van der Waals surface area (Å²) < 4.78 is 5.26. The molecule has 1 heterocycles. The molecule has 1 aliphatic rings. The Morgan fingerprint density at radius 2 is 1.76 bits per heavy atom. The van der Waals surface area contributed by atoms with Crippen LogP contribution in [-0.4, -0.2) is 34.9 Å². The minimum atomic E-state index is -0.439. The van der Waals surface area contributed by atoms with Crippen molar-refractivity contribution in [3.8, 4) is 0 Å². The van der Waals surface area contributed by atoms with Crippen LogP contribution in [0.2, 0.25) is 0 Å². The van der Waals surface area contributed by atoms with Gasteiger partial charge in [0.15, 0.2) is 0 Å². The zero-order chi connectivity index (χ0) is 21.1. The fourth-order valence-corrected chi connectivity index (χ4v) is 3.10. The number of nitrogens with one attached hydrogen (secondary N) is 3. The number of hydrogen-bond acceptors (Lipinski definition) is 4. The molecule has 0 unspecified atom stereocenters. The lowest BCUT2D eigenvalue weighted by Gasteiger charge is -2.09. The second-order valence-electron chi connectivity index (χ2n) is 7.71. The Morgan fingerprint density at radius 1 is 1.10 bits per heavy atom. The van der Waals surface area contributed by atoms with Crippen molar-refractivity contribution in [3.05, 3.63) is 57.9 Å². The lowest BCUT2D eigenvalue weighted by molar-refractivity contribution is 0.0376. The minimum absolute atomic E-state index is 0.0682. The molecule has 3 N–H and O–H groups in total. The number of benzene rings is 1. The number of carbonyl (C=O) groups excluding carboxylic acids is 3. The highest BCUT2D eigenvalue weighted by molar-refractivity contribution is 6.00. The molecule has 2 aromatic rings. The first-order chi connectivity index (χ1) is 13.8. The molecular weight excluding hydrogens is 370 g/mol. The maximum absolute atomic E-state index is 12.6. The lowest BCUT2D eigenvalue weighted by Crippen LogP contribution is -2.26. The van der Waals surface area contributed by atoms with Crippen LogP contribution in [0.25, 0.3) is 0 Å². The summed E-state index contributed by atoms with van der Waals surface area (Å²) in [6.45, 7) is 7.34. The highest BCUT2D eigenvalue weighted by Gasteiger charge is 2.24. The fraction of sp³-hybridized carbons (Fsp3) is 0.409. The molecule has 0 atom stereocenters. The summed E-state index contributed by atoms with van der Waals surface area (Å²) in [4.78, 5) is 39.9. The number of hydrogen-bond donors (Lipinski definition) is 3. The highest BCUT2D eigenvalue weighted by Crippen LogP contribution is 2.20. The van der Waals surface area contributed by atoms with Gasteiger partial charge in [0.1, 0.15) is 5.69 Å². The van der Waals surface area contributed by atoms with Crippen LogP contribution in [0.3, 0.4) is 0 Å². The summed E-state index contributed by atoms with van der Waals surface area (Å²) in [6, 6.07) is 7.46. The van der Waals surface area contributed by atoms with Crippen molar-refractivity contribution in [2.24, 2.45) is 0 Å². The van der Waals surface area contributed by atoms with E-state index in [0.29, 0.717) is 40.7 Å². The molecule has 1 aromatic carbocycles. The van der Waals surface area contributed by atoms with Crippen LogP contribution in [0.4, 0.5) is 0 Å². The van der Waals surface area contributed by atoms with E-state index in [9.17, 15) is 14.4 Å². The molecule has 0 spiro atoms. The van der Waals surface area contributed by atoms with E-state index < -0.39 is 5.97 Å². The van der Waals surface area contributed by atoms with Gasteiger partial charge in [0.2, 0.25) is 0 Å². The topological polar surface area (TPSA) is 100 Å². The number of ether oxygens (including phenoxy) is 1. The van der Waals surface area contributed by atoms with E-state index in [1.807, 2.05) is 12.1 Å². The second kappa shape index (κ2) is 8.51. The molecule has 3 rings (SSSR count). The number of aromatic nitrogens is 1. The van der Waals surface area contributed by atoms with E-state index in [4.69, 9.17) is 4.74 Å². The van der Waals surface area contributed by atoms with Crippen LogP contribution >= 0.6 is 0 Å². The molecule has 0 radical (unpaired) electrons. The number of aryl methyl sites for hydroxylation is 1. The molecule has 1 aliphatic carbocycles. The van der Waals surface area contributed by atoms with E-state index in [-0.39, 0.29) is 17.9 Å². The molecule has 7 nitrogen and oxygen atoms in total. The number of carbonyl (C=O) groups is 3. The largest absolute Gasteiger partial charge is 0.459 e. The van der Waals surface area contributed by atoms with Gasteiger partial charge in [-0.2, -0.15) is 0 Å². The third-order valence-electron chi connectivity index (χ3n) is 4.79. The van der Waals surface area contributed by atoms with Crippen molar-refractivity contribution in [1.82, 2.24) is 15.6 Å². The van der Waals surface area contributed by atoms with Gasteiger partial charge in [0, 0.05) is 23.8 Å². The lowest BCUT2D eigenvalue weighted by atomic mass is 10.1. The number of H-pyrrole nitrogens is 1. The quantitative estimate of drug-likeness (QED) is 0.625. The van der Waals surface area contributed by atoms with Crippen molar-refractivity contribution in [2.45, 2.75) is 59.2 Å². The predicted molar refractivity (Wildman–Crippen MR) is 109 cm³/mol. The van der Waals surface area contributed by atoms with Gasteiger partial charge in [0.05, 0.1) is 11.7 Å². The van der Waals surface area contributed by atoms with Crippen molar-refractivity contribution in [3.63, 3.8) is 0 Å². The molecule has 1 aromatic heterocycles. The molecular formula is C22H27N3O4. The summed E-state index contributed by atoms with van der Waals surface area (Å²) in [6.07, 6.45) is 1.86. The van der Waals surface area contributed by atoms with E-state index in [2.05, 4.69) is 15.6 Å². The molecule has 2 amide bonds. The molecule has 1 saturated carbocycles. The van der Waals surface area contributed by atoms with Crippen LogP contribution < -0.4 is 10.6 Å². The van der Waals surface area contributed by atoms with Gasteiger partial charge in [-0.1, -0.05) is 12.1 Å². The van der Waals surface area contributed by atoms with Gasteiger partial charge in [0.25, 0.3) is 11.8 Å². The van der Waals surface area contributed by atoms with Gasteiger partial charge in [-0.05, 0) is 63.8 Å². The first-order valence-corrected chi connectivity index (χ1v) is 9.84. The van der Waals surface area contributed by atoms with Crippen molar-refractivity contribution in [2.75, 3.05) is 0 Å². The molecule has 154 valence electrons. The molecule has 0 bridgehead atoms. The van der Waals surface area contributed by atoms with E-state index in [1.54, 1.807) is 39.8 Å². The zero-order valence-corrected chi connectivity index (χ0v) is 17.2. The Hall–Kier alpha value is -3.09. The summed E-state index contributed by atoms with van der Waals surface area (Å²) in [7, 11) is 0. The SMILES string of the molecule is Cc1[nH]c(C(=O)NCc2ccc(C(=O)NC3CC3)cc2)c(C)c1C(=O)OC(C)C. The fourth-order valence-electron chi connectivity index (χ4n) is 3.10. The molecule has 0 aliphatic heterocycles. The summed E-state index contributed by atoms with van der Waals surface area (Å²) >= 11 is 0. The van der Waals surface area contributed by atoms with Crippen LogP contribution in [0.5, 0.6) is 0 Å². The van der Waals surface area contributed by atoms with E-state index >= 15 is 0 Å². The van der Waals surface area contributed by atoms with Crippen LogP contribution in [0.1, 0.15) is 74.7 Å². The molecule has 0 saturated heterocycles. The first-order valence-electron chi connectivity index (χ1n) is 9.84. The number of esters is 1. The number of amides is 2. The Bertz CT molecular complexity index is 924. The van der Waals surface area contributed by atoms with Gasteiger partial charge in [-0.15, -0.1) is 0 Å². The second-order valence-corrected chi connectivity index (χ2v) is 7.71. The zero-order valence-electron chi connectivity index (χ0n) is 17.2. The Morgan fingerprint density at radius 3 is 2.34 bits per heavy atom. The van der Waals surface area contributed by atoms with Crippen molar-refractivity contribution >= 4 is 17.8 Å². The van der Waals surface area contributed by atoms with Gasteiger partial charge in [-0.25, -0.2) is 4.79 Å².